The van der Waals surface area contributed by atoms with Crippen molar-refractivity contribution in [3.8, 4) is 6.01 Å². The van der Waals surface area contributed by atoms with Gasteiger partial charge in [0.15, 0.2) is 0 Å². The molecule has 5 nitrogen and oxygen atoms in total. The van der Waals surface area contributed by atoms with Crippen LogP contribution in [0.1, 0.15) is 46.5 Å². The van der Waals surface area contributed by atoms with Crippen molar-refractivity contribution in [3.63, 3.8) is 0 Å². The first-order valence-corrected chi connectivity index (χ1v) is 7.27. The van der Waals surface area contributed by atoms with E-state index in [1.54, 1.807) is 0 Å². The van der Waals surface area contributed by atoms with E-state index in [0.717, 1.165) is 6.42 Å². The second-order valence-corrected chi connectivity index (χ2v) is 5.73. The minimum Gasteiger partial charge on any atom is -0.461 e. The summed E-state index contributed by atoms with van der Waals surface area (Å²) in [5.74, 6) is 1.13. The molecule has 2 rings (SSSR count). The van der Waals surface area contributed by atoms with Crippen LogP contribution in [-0.4, -0.2) is 27.1 Å². The molecule has 1 aliphatic carbocycles. The third-order valence-electron chi connectivity index (χ3n) is 3.35. The van der Waals surface area contributed by atoms with Crippen molar-refractivity contribution in [1.82, 2.24) is 15.0 Å². The molecule has 1 saturated carbocycles. The van der Waals surface area contributed by atoms with Gasteiger partial charge in [0.05, 0.1) is 6.10 Å². The monoisotopic (exact) mass is 284 g/mol. The standard InChI is InChI=1S/C13H21ClN4O/c1-8(2)19-13-17-11(14)16-12(18-13)15-10-7-5-4-6-9(10)3/h8-10H,4-7H2,1-3H3,(H,15,16,17,18). The van der Waals surface area contributed by atoms with Crippen molar-refractivity contribution >= 4 is 17.5 Å². The third kappa shape index (κ3) is 4.20. The minimum absolute atomic E-state index is 0.0138. The molecule has 2 unspecified atom stereocenters. The lowest BCUT2D eigenvalue weighted by Gasteiger charge is -2.29. The minimum atomic E-state index is 0.0138. The molecule has 1 N–H and O–H groups in total. The lowest BCUT2D eigenvalue weighted by molar-refractivity contribution is 0.221. The van der Waals surface area contributed by atoms with Crippen LogP contribution >= 0.6 is 11.6 Å². The van der Waals surface area contributed by atoms with E-state index in [9.17, 15) is 0 Å². The first kappa shape index (κ1) is 14.3. The van der Waals surface area contributed by atoms with Crippen LogP contribution in [-0.2, 0) is 0 Å². The van der Waals surface area contributed by atoms with E-state index >= 15 is 0 Å². The maximum absolute atomic E-state index is 5.91. The number of rotatable bonds is 4. The number of nitrogens with one attached hydrogen (secondary N) is 1. The quantitative estimate of drug-likeness (QED) is 0.919. The maximum Gasteiger partial charge on any atom is 0.322 e. The van der Waals surface area contributed by atoms with Gasteiger partial charge in [-0.05, 0) is 44.2 Å². The van der Waals surface area contributed by atoms with Crippen molar-refractivity contribution in [2.45, 2.75) is 58.6 Å². The molecule has 6 heteroatoms. The summed E-state index contributed by atoms with van der Waals surface area (Å²) in [7, 11) is 0. The lowest BCUT2D eigenvalue weighted by atomic mass is 9.86. The predicted molar refractivity (Wildman–Crippen MR) is 75.6 cm³/mol. The molecule has 0 aromatic carbocycles. The van der Waals surface area contributed by atoms with Gasteiger partial charge in [-0.25, -0.2) is 0 Å². The van der Waals surface area contributed by atoms with E-state index in [-0.39, 0.29) is 17.4 Å². The summed E-state index contributed by atoms with van der Waals surface area (Å²) in [6.45, 7) is 6.10. The molecule has 1 fully saturated rings. The Labute approximate surface area is 119 Å². The molecule has 0 saturated heterocycles. The number of halogens is 1. The third-order valence-corrected chi connectivity index (χ3v) is 3.52. The van der Waals surface area contributed by atoms with Crippen LogP contribution in [0.15, 0.2) is 0 Å². The average Bonchev–Trinajstić information content (AvgIpc) is 2.30. The van der Waals surface area contributed by atoms with E-state index in [4.69, 9.17) is 16.3 Å². The van der Waals surface area contributed by atoms with E-state index in [1.807, 2.05) is 13.8 Å². The molecule has 0 radical (unpaired) electrons. The van der Waals surface area contributed by atoms with Crippen LogP contribution in [0.3, 0.4) is 0 Å². The largest absolute Gasteiger partial charge is 0.461 e. The summed E-state index contributed by atoms with van der Waals surface area (Å²) in [6.07, 6.45) is 4.95. The number of hydrogen-bond acceptors (Lipinski definition) is 5. The van der Waals surface area contributed by atoms with Gasteiger partial charge in [0, 0.05) is 6.04 Å². The summed E-state index contributed by atoms with van der Waals surface area (Å²) in [4.78, 5) is 12.4. The molecule has 19 heavy (non-hydrogen) atoms. The summed E-state index contributed by atoms with van der Waals surface area (Å²) in [6, 6.07) is 0.681. The second-order valence-electron chi connectivity index (χ2n) is 5.39. The highest BCUT2D eigenvalue weighted by Gasteiger charge is 2.22. The number of aromatic nitrogens is 3. The van der Waals surface area contributed by atoms with Crippen molar-refractivity contribution < 1.29 is 4.74 Å². The van der Waals surface area contributed by atoms with Crippen LogP contribution in [0.25, 0.3) is 0 Å². The molecular weight excluding hydrogens is 264 g/mol. The Hall–Kier alpha value is -1.10. The number of hydrogen-bond donors (Lipinski definition) is 1. The first-order chi connectivity index (χ1) is 9.04. The summed E-state index contributed by atoms with van der Waals surface area (Å²) in [5.41, 5.74) is 0. The lowest BCUT2D eigenvalue weighted by Crippen LogP contribution is -2.31. The fourth-order valence-corrected chi connectivity index (χ4v) is 2.51. The summed E-state index contributed by atoms with van der Waals surface area (Å²) >= 11 is 5.91. The summed E-state index contributed by atoms with van der Waals surface area (Å²) < 4.78 is 5.47. The molecule has 1 aromatic heterocycles. The Morgan fingerprint density at radius 2 is 1.95 bits per heavy atom. The van der Waals surface area contributed by atoms with Crippen LogP contribution in [0.2, 0.25) is 5.28 Å². The van der Waals surface area contributed by atoms with Gasteiger partial charge >= 0.3 is 6.01 Å². The van der Waals surface area contributed by atoms with Gasteiger partial charge in [0.1, 0.15) is 0 Å². The first-order valence-electron chi connectivity index (χ1n) is 6.89. The Morgan fingerprint density at radius 3 is 2.63 bits per heavy atom. The predicted octanol–water partition coefficient (Wildman–Crippen LogP) is 3.30. The van der Waals surface area contributed by atoms with Crippen molar-refractivity contribution in [3.05, 3.63) is 5.28 Å². The van der Waals surface area contributed by atoms with Crippen molar-refractivity contribution in [2.24, 2.45) is 5.92 Å². The molecule has 1 aliphatic rings. The Kier molecular flexibility index (Phi) is 4.80. The van der Waals surface area contributed by atoms with E-state index in [0.29, 0.717) is 17.9 Å². The second kappa shape index (κ2) is 6.37. The van der Waals surface area contributed by atoms with E-state index in [1.165, 1.54) is 19.3 Å². The molecule has 0 amide bonds. The van der Waals surface area contributed by atoms with Gasteiger partial charge in [0.2, 0.25) is 11.2 Å². The Bertz CT molecular complexity index is 427. The smallest absolute Gasteiger partial charge is 0.322 e. The van der Waals surface area contributed by atoms with E-state index in [2.05, 4.69) is 27.2 Å². The van der Waals surface area contributed by atoms with Crippen LogP contribution in [0, 0.1) is 5.92 Å². The Balaban J connectivity index is 2.08. The normalized spacial score (nSPS) is 23.4. The molecule has 1 heterocycles. The SMILES string of the molecule is CC(C)Oc1nc(Cl)nc(NC2CCCCC2C)n1. The fourth-order valence-electron chi connectivity index (χ4n) is 2.36. The average molecular weight is 285 g/mol. The zero-order chi connectivity index (χ0) is 13.8. The molecular formula is C13H21ClN4O. The number of anilines is 1. The van der Waals surface area contributed by atoms with Crippen molar-refractivity contribution in [2.75, 3.05) is 5.32 Å². The zero-order valence-corrected chi connectivity index (χ0v) is 12.4. The molecule has 0 aliphatic heterocycles. The van der Waals surface area contributed by atoms with Gasteiger partial charge in [-0.3, -0.25) is 0 Å². The van der Waals surface area contributed by atoms with Gasteiger partial charge in [-0.15, -0.1) is 0 Å². The van der Waals surface area contributed by atoms with E-state index < -0.39 is 0 Å². The highest BCUT2D eigenvalue weighted by molar-refractivity contribution is 6.28. The summed E-state index contributed by atoms with van der Waals surface area (Å²) in [5, 5.41) is 3.52. The molecule has 106 valence electrons. The van der Waals surface area contributed by atoms with Crippen LogP contribution < -0.4 is 10.1 Å². The van der Waals surface area contributed by atoms with Crippen LogP contribution in [0.5, 0.6) is 6.01 Å². The Morgan fingerprint density at radius 1 is 1.21 bits per heavy atom. The maximum atomic E-state index is 5.91. The topological polar surface area (TPSA) is 59.9 Å². The molecule has 2 atom stereocenters. The van der Waals surface area contributed by atoms with Gasteiger partial charge in [0.25, 0.3) is 0 Å². The highest BCUT2D eigenvalue weighted by atomic mass is 35.5. The van der Waals surface area contributed by atoms with Gasteiger partial charge in [-0.1, -0.05) is 19.8 Å². The van der Waals surface area contributed by atoms with Gasteiger partial charge in [-0.2, -0.15) is 15.0 Å². The number of ether oxygens (including phenoxy) is 1. The molecule has 1 aromatic rings. The fraction of sp³-hybridized carbons (Fsp3) is 0.769. The van der Waals surface area contributed by atoms with Gasteiger partial charge < -0.3 is 10.1 Å². The number of nitrogens with zero attached hydrogens (tertiary/aromatic N) is 3. The molecule has 0 spiro atoms. The highest BCUT2D eigenvalue weighted by Crippen LogP contribution is 2.26. The van der Waals surface area contributed by atoms with Crippen molar-refractivity contribution in [1.29, 1.82) is 0 Å². The van der Waals surface area contributed by atoms with Crippen LogP contribution in [0.4, 0.5) is 5.95 Å². The zero-order valence-electron chi connectivity index (χ0n) is 11.7. The molecule has 0 bridgehead atoms.